The summed E-state index contributed by atoms with van der Waals surface area (Å²) in [6.45, 7) is 13.1. The predicted molar refractivity (Wildman–Crippen MR) is 90.6 cm³/mol. The molecule has 0 radical (unpaired) electrons. The number of rotatable bonds is 4. The van der Waals surface area contributed by atoms with Crippen molar-refractivity contribution >= 4 is 0 Å². The van der Waals surface area contributed by atoms with Crippen LogP contribution in [-0.2, 0) is 0 Å². The number of ether oxygens (including phenoxy) is 1. The van der Waals surface area contributed by atoms with Gasteiger partial charge in [-0.25, -0.2) is 0 Å². The van der Waals surface area contributed by atoms with E-state index in [-0.39, 0.29) is 0 Å². The summed E-state index contributed by atoms with van der Waals surface area (Å²) < 4.78 is 6.27. The molecule has 1 heteroatoms. The van der Waals surface area contributed by atoms with Crippen LogP contribution in [0.25, 0.3) is 0 Å². The van der Waals surface area contributed by atoms with Crippen LogP contribution < -0.4 is 4.74 Å². The fourth-order valence-corrected chi connectivity index (χ4v) is 2.53. The first kappa shape index (κ1) is 15.6. The van der Waals surface area contributed by atoms with Crippen LogP contribution >= 0.6 is 0 Å². The SMILES string of the molecule is Cc1ccc(Oc2c(C(C)C)cc(C)cc2C(C)C)cc1. The van der Waals surface area contributed by atoms with E-state index in [1.54, 1.807) is 0 Å². The highest BCUT2D eigenvalue weighted by atomic mass is 16.5. The van der Waals surface area contributed by atoms with Gasteiger partial charge in [-0.15, -0.1) is 0 Å². The summed E-state index contributed by atoms with van der Waals surface area (Å²) in [7, 11) is 0. The predicted octanol–water partition coefficient (Wildman–Crippen LogP) is 6.34. The molecule has 0 atom stereocenters. The second-order valence-corrected chi connectivity index (χ2v) is 6.50. The molecule has 0 N–H and O–H groups in total. The van der Waals surface area contributed by atoms with Crippen molar-refractivity contribution in [3.8, 4) is 11.5 Å². The molecule has 0 spiro atoms. The lowest BCUT2D eigenvalue weighted by molar-refractivity contribution is 0.463. The van der Waals surface area contributed by atoms with Gasteiger partial charge in [-0.3, -0.25) is 0 Å². The van der Waals surface area contributed by atoms with Gasteiger partial charge in [0.05, 0.1) is 0 Å². The number of aryl methyl sites for hydroxylation is 2. The van der Waals surface area contributed by atoms with Crippen LogP contribution in [0.4, 0.5) is 0 Å². The fourth-order valence-electron chi connectivity index (χ4n) is 2.53. The quantitative estimate of drug-likeness (QED) is 0.635. The summed E-state index contributed by atoms with van der Waals surface area (Å²) in [4.78, 5) is 0. The monoisotopic (exact) mass is 282 g/mol. The third-order valence-corrected chi connectivity index (χ3v) is 3.78. The van der Waals surface area contributed by atoms with Crippen LogP contribution in [0.3, 0.4) is 0 Å². The summed E-state index contributed by atoms with van der Waals surface area (Å²) in [5.41, 5.74) is 5.14. The van der Waals surface area contributed by atoms with E-state index in [2.05, 4.69) is 65.8 Å². The molecule has 1 nitrogen and oxygen atoms in total. The van der Waals surface area contributed by atoms with Crippen molar-refractivity contribution < 1.29 is 4.74 Å². The zero-order valence-corrected chi connectivity index (χ0v) is 14.0. The maximum Gasteiger partial charge on any atom is 0.134 e. The van der Waals surface area contributed by atoms with Gasteiger partial charge in [-0.05, 0) is 48.9 Å². The van der Waals surface area contributed by atoms with Gasteiger partial charge in [0.25, 0.3) is 0 Å². The molecule has 2 rings (SSSR count). The van der Waals surface area contributed by atoms with Gasteiger partial charge in [-0.2, -0.15) is 0 Å². The zero-order valence-electron chi connectivity index (χ0n) is 14.0. The summed E-state index contributed by atoms with van der Waals surface area (Å²) in [5, 5.41) is 0. The van der Waals surface area contributed by atoms with Gasteiger partial charge in [-0.1, -0.05) is 63.1 Å². The molecule has 0 aromatic heterocycles. The van der Waals surface area contributed by atoms with Gasteiger partial charge in [0, 0.05) is 0 Å². The standard InChI is InChI=1S/C20H26O/c1-13(2)18-11-16(6)12-19(14(3)4)20(18)21-17-9-7-15(5)8-10-17/h7-14H,1-6H3. The molecule has 0 amide bonds. The molecule has 0 aliphatic rings. The van der Waals surface area contributed by atoms with Crippen molar-refractivity contribution in [1.82, 2.24) is 0 Å². The minimum absolute atomic E-state index is 0.447. The maximum absolute atomic E-state index is 6.27. The first-order valence-electron chi connectivity index (χ1n) is 7.77. The van der Waals surface area contributed by atoms with E-state index >= 15 is 0 Å². The maximum atomic E-state index is 6.27. The van der Waals surface area contributed by atoms with Gasteiger partial charge in [0.2, 0.25) is 0 Å². The van der Waals surface area contributed by atoms with Crippen molar-refractivity contribution in [2.24, 2.45) is 0 Å². The Morgan fingerprint density at radius 1 is 0.714 bits per heavy atom. The molecule has 0 saturated carbocycles. The van der Waals surface area contributed by atoms with E-state index in [1.807, 2.05) is 12.1 Å². The van der Waals surface area contributed by atoms with E-state index in [0.717, 1.165) is 11.5 Å². The Hall–Kier alpha value is -1.76. The molecule has 0 unspecified atom stereocenters. The molecule has 21 heavy (non-hydrogen) atoms. The lowest BCUT2D eigenvalue weighted by Gasteiger charge is -2.21. The van der Waals surface area contributed by atoms with E-state index in [4.69, 9.17) is 4.74 Å². The van der Waals surface area contributed by atoms with Crippen LogP contribution in [-0.4, -0.2) is 0 Å². The van der Waals surface area contributed by atoms with Crippen LogP contribution in [0.5, 0.6) is 11.5 Å². The van der Waals surface area contributed by atoms with E-state index in [1.165, 1.54) is 22.3 Å². The second kappa shape index (κ2) is 6.34. The summed E-state index contributed by atoms with van der Waals surface area (Å²) in [6.07, 6.45) is 0. The van der Waals surface area contributed by atoms with Crippen molar-refractivity contribution in [3.05, 3.63) is 58.7 Å². The van der Waals surface area contributed by atoms with Crippen LogP contribution in [0.15, 0.2) is 36.4 Å². The van der Waals surface area contributed by atoms with Gasteiger partial charge in [0.1, 0.15) is 11.5 Å². The molecule has 0 aliphatic carbocycles. The van der Waals surface area contributed by atoms with Crippen molar-refractivity contribution in [2.75, 3.05) is 0 Å². The fraction of sp³-hybridized carbons (Fsp3) is 0.400. The molecular formula is C20H26O. The van der Waals surface area contributed by atoms with E-state index in [9.17, 15) is 0 Å². The number of hydrogen-bond acceptors (Lipinski definition) is 1. The highest BCUT2D eigenvalue weighted by Gasteiger charge is 2.17. The van der Waals surface area contributed by atoms with Gasteiger partial charge in [0.15, 0.2) is 0 Å². The first-order valence-corrected chi connectivity index (χ1v) is 7.77. The Morgan fingerprint density at radius 3 is 1.62 bits per heavy atom. The summed E-state index contributed by atoms with van der Waals surface area (Å²) >= 11 is 0. The molecule has 2 aromatic rings. The zero-order chi connectivity index (χ0) is 15.6. The molecule has 0 saturated heterocycles. The minimum atomic E-state index is 0.447. The largest absolute Gasteiger partial charge is 0.457 e. The number of hydrogen-bond donors (Lipinski definition) is 0. The Morgan fingerprint density at radius 2 is 1.19 bits per heavy atom. The van der Waals surface area contributed by atoms with Crippen molar-refractivity contribution in [1.29, 1.82) is 0 Å². The minimum Gasteiger partial charge on any atom is -0.457 e. The molecular weight excluding hydrogens is 256 g/mol. The number of benzene rings is 2. The average molecular weight is 282 g/mol. The Labute approximate surface area is 129 Å². The Kier molecular flexibility index (Phi) is 4.72. The molecule has 0 aliphatic heterocycles. The third-order valence-electron chi connectivity index (χ3n) is 3.78. The normalized spacial score (nSPS) is 11.2. The topological polar surface area (TPSA) is 9.23 Å². The first-order chi connectivity index (χ1) is 9.88. The highest BCUT2D eigenvalue weighted by molar-refractivity contribution is 5.49. The van der Waals surface area contributed by atoms with Crippen molar-refractivity contribution in [3.63, 3.8) is 0 Å². The summed E-state index contributed by atoms with van der Waals surface area (Å²) in [5.74, 6) is 2.84. The molecule has 0 fully saturated rings. The average Bonchev–Trinajstić information content (AvgIpc) is 2.42. The van der Waals surface area contributed by atoms with E-state index in [0.29, 0.717) is 11.8 Å². The van der Waals surface area contributed by atoms with Crippen LogP contribution in [0.2, 0.25) is 0 Å². The lowest BCUT2D eigenvalue weighted by atomic mass is 9.92. The van der Waals surface area contributed by atoms with Gasteiger partial charge >= 0.3 is 0 Å². The highest BCUT2D eigenvalue weighted by Crippen LogP contribution is 2.38. The second-order valence-electron chi connectivity index (χ2n) is 6.50. The van der Waals surface area contributed by atoms with Crippen LogP contribution in [0.1, 0.15) is 61.8 Å². The molecule has 112 valence electrons. The van der Waals surface area contributed by atoms with E-state index < -0.39 is 0 Å². The third kappa shape index (κ3) is 3.66. The Balaban J connectivity index is 2.51. The summed E-state index contributed by atoms with van der Waals surface area (Å²) in [6, 6.07) is 12.8. The molecule has 2 aromatic carbocycles. The van der Waals surface area contributed by atoms with Crippen LogP contribution in [0, 0.1) is 13.8 Å². The van der Waals surface area contributed by atoms with Crippen molar-refractivity contribution in [2.45, 2.75) is 53.4 Å². The lowest BCUT2D eigenvalue weighted by Crippen LogP contribution is -2.01. The molecule has 0 heterocycles. The smallest absolute Gasteiger partial charge is 0.134 e. The molecule has 0 bridgehead atoms. The Bertz CT molecular complexity index is 577. The van der Waals surface area contributed by atoms with Gasteiger partial charge < -0.3 is 4.74 Å².